The van der Waals surface area contributed by atoms with Gasteiger partial charge in [0.15, 0.2) is 0 Å². The summed E-state index contributed by atoms with van der Waals surface area (Å²) in [4.78, 5) is 22.7. The zero-order valence-electron chi connectivity index (χ0n) is 11.7. The van der Waals surface area contributed by atoms with Gasteiger partial charge >= 0.3 is 5.97 Å². The van der Waals surface area contributed by atoms with Crippen molar-refractivity contribution in [3.8, 4) is 0 Å². The Balaban J connectivity index is 2.46. The van der Waals surface area contributed by atoms with E-state index in [4.69, 9.17) is 0 Å². The summed E-state index contributed by atoms with van der Waals surface area (Å²) in [6.45, 7) is 4.61. The van der Waals surface area contributed by atoms with E-state index in [0.717, 1.165) is 6.42 Å². The minimum Gasteiger partial charge on any atom is -0.469 e. The fourth-order valence-electron chi connectivity index (χ4n) is 1.75. The molecule has 19 heavy (non-hydrogen) atoms. The van der Waals surface area contributed by atoms with Gasteiger partial charge in [-0.1, -0.05) is 26.0 Å². The lowest BCUT2D eigenvalue weighted by Crippen LogP contribution is -2.26. The maximum atomic E-state index is 11.8. The number of hydrogen-bond acceptors (Lipinski definition) is 3. The molecule has 4 nitrogen and oxygen atoms in total. The Labute approximate surface area is 114 Å². The summed E-state index contributed by atoms with van der Waals surface area (Å²) >= 11 is 0. The van der Waals surface area contributed by atoms with Gasteiger partial charge < -0.3 is 10.1 Å². The van der Waals surface area contributed by atoms with E-state index < -0.39 is 0 Å². The Morgan fingerprint density at radius 1 is 1.21 bits per heavy atom. The molecular weight excluding hydrogens is 242 g/mol. The number of methoxy groups -OCH3 is 1. The van der Waals surface area contributed by atoms with Crippen molar-refractivity contribution in [1.82, 2.24) is 5.32 Å². The van der Waals surface area contributed by atoms with Gasteiger partial charge in [-0.25, -0.2) is 0 Å². The van der Waals surface area contributed by atoms with E-state index in [2.05, 4.69) is 23.9 Å². The Morgan fingerprint density at radius 2 is 1.84 bits per heavy atom. The van der Waals surface area contributed by atoms with Gasteiger partial charge in [-0.05, 0) is 30.0 Å². The van der Waals surface area contributed by atoms with Crippen LogP contribution in [0.4, 0.5) is 0 Å². The van der Waals surface area contributed by atoms with Gasteiger partial charge in [0.1, 0.15) is 0 Å². The van der Waals surface area contributed by atoms with E-state index in [9.17, 15) is 9.59 Å². The first kappa shape index (κ1) is 15.2. The number of ether oxygens (including phenoxy) is 1. The molecule has 0 aliphatic heterocycles. The molecule has 0 radical (unpaired) electrons. The first-order chi connectivity index (χ1) is 9.02. The highest BCUT2D eigenvalue weighted by Gasteiger charge is 2.07. The molecule has 0 saturated heterocycles. The van der Waals surface area contributed by atoms with Crippen molar-refractivity contribution >= 4 is 11.9 Å². The quantitative estimate of drug-likeness (QED) is 0.800. The molecule has 1 aromatic carbocycles. The smallest absolute Gasteiger partial charge is 0.307 e. The van der Waals surface area contributed by atoms with Crippen molar-refractivity contribution in [3.63, 3.8) is 0 Å². The number of benzene rings is 1. The van der Waals surface area contributed by atoms with Crippen LogP contribution in [-0.2, 0) is 16.0 Å². The summed E-state index contributed by atoms with van der Waals surface area (Å²) in [7, 11) is 1.33. The van der Waals surface area contributed by atoms with Gasteiger partial charge in [0.25, 0.3) is 5.91 Å². The van der Waals surface area contributed by atoms with Crippen LogP contribution in [-0.4, -0.2) is 25.5 Å². The molecule has 1 amide bonds. The van der Waals surface area contributed by atoms with Gasteiger partial charge in [-0.2, -0.15) is 0 Å². The van der Waals surface area contributed by atoms with Gasteiger partial charge in [-0.15, -0.1) is 0 Å². The zero-order chi connectivity index (χ0) is 14.3. The second-order valence-electron chi connectivity index (χ2n) is 4.88. The largest absolute Gasteiger partial charge is 0.469 e. The van der Waals surface area contributed by atoms with E-state index in [-0.39, 0.29) is 18.3 Å². The van der Waals surface area contributed by atoms with Crippen molar-refractivity contribution < 1.29 is 14.3 Å². The van der Waals surface area contributed by atoms with E-state index in [1.807, 2.05) is 24.3 Å². The summed E-state index contributed by atoms with van der Waals surface area (Å²) in [5.41, 5.74) is 1.83. The van der Waals surface area contributed by atoms with Crippen LogP contribution in [0.2, 0.25) is 0 Å². The summed E-state index contributed by atoms with van der Waals surface area (Å²) in [5, 5.41) is 2.68. The fourth-order valence-corrected chi connectivity index (χ4v) is 1.75. The Hall–Kier alpha value is -1.84. The molecule has 4 heteroatoms. The maximum absolute atomic E-state index is 11.8. The highest BCUT2D eigenvalue weighted by atomic mass is 16.5. The Morgan fingerprint density at radius 3 is 2.37 bits per heavy atom. The summed E-state index contributed by atoms with van der Waals surface area (Å²) < 4.78 is 4.50. The molecule has 0 aliphatic carbocycles. The van der Waals surface area contributed by atoms with Crippen LogP contribution in [0.15, 0.2) is 24.3 Å². The first-order valence-electron chi connectivity index (χ1n) is 6.47. The van der Waals surface area contributed by atoms with E-state index in [1.165, 1.54) is 12.7 Å². The molecule has 0 unspecified atom stereocenters. The summed E-state index contributed by atoms with van der Waals surface area (Å²) in [6, 6.07) is 7.56. The Bertz CT molecular complexity index is 424. The van der Waals surface area contributed by atoms with Crippen LogP contribution >= 0.6 is 0 Å². The van der Waals surface area contributed by atoms with Gasteiger partial charge in [0.05, 0.1) is 13.5 Å². The standard InChI is InChI=1S/C15H21NO3/c1-11(2)10-12-4-6-13(7-5-12)15(18)16-9-8-14(17)19-3/h4-7,11H,8-10H2,1-3H3,(H,16,18). The number of nitrogens with one attached hydrogen (secondary N) is 1. The second kappa shape index (κ2) is 7.56. The second-order valence-corrected chi connectivity index (χ2v) is 4.88. The molecule has 1 rings (SSSR count). The minimum absolute atomic E-state index is 0.167. The normalized spacial score (nSPS) is 10.3. The molecular formula is C15H21NO3. The molecule has 0 atom stereocenters. The predicted molar refractivity (Wildman–Crippen MR) is 74.0 cm³/mol. The van der Waals surface area contributed by atoms with Crippen molar-refractivity contribution in [3.05, 3.63) is 35.4 Å². The predicted octanol–water partition coefficient (Wildman–Crippen LogP) is 2.18. The summed E-state index contributed by atoms with van der Waals surface area (Å²) in [5.74, 6) is 0.104. The van der Waals surface area contributed by atoms with Crippen LogP contribution in [0.5, 0.6) is 0 Å². The number of carbonyl (C=O) groups excluding carboxylic acids is 2. The molecule has 0 aromatic heterocycles. The maximum Gasteiger partial charge on any atom is 0.307 e. The Kier molecular flexibility index (Phi) is 6.06. The molecule has 1 aromatic rings. The van der Waals surface area contributed by atoms with E-state index in [1.54, 1.807) is 0 Å². The third-order valence-electron chi connectivity index (χ3n) is 2.70. The molecule has 0 saturated carbocycles. The number of amides is 1. The highest BCUT2D eigenvalue weighted by Crippen LogP contribution is 2.09. The molecule has 0 bridgehead atoms. The lowest BCUT2D eigenvalue weighted by molar-refractivity contribution is -0.140. The lowest BCUT2D eigenvalue weighted by Gasteiger charge is -2.07. The first-order valence-corrected chi connectivity index (χ1v) is 6.47. The topological polar surface area (TPSA) is 55.4 Å². The molecule has 0 heterocycles. The SMILES string of the molecule is COC(=O)CCNC(=O)c1ccc(CC(C)C)cc1. The molecule has 0 aliphatic rings. The number of hydrogen-bond donors (Lipinski definition) is 1. The van der Waals surface area contributed by atoms with E-state index in [0.29, 0.717) is 18.0 Å². The molecule has 0 spiro atoms. The van der Waals surface area contributed by atoms with Crippen LogP contribution in [0.1, 0.15) is 36.2 Å². The molecule has 104 valence electrons. The lowest BCUT2D eigenvalue weighted by atomic mass is 10.0. The molecule has 1 N–H and O–H groups in total. The highest BCUT2D eigenvalue weighted by molar-refractivity contribution is 5.94. The van der Waals surface area contributed by atoms with Crippen molar-refractivity contribution in [2.45, 2.75) is 26.7 Å². The van der Waals surface area contributed by atoms with Gasteiger partial charge in [0, 0.05) is 12.1 Å². The number of carbonyl (C=O) groups is 2. The van der Waals surface area contributed by atoms with Crippen molar-refractivity contribution in [2.24, 2.45) is 5.92 Å². The minimum atomic E-state index is -0.326. The van der Waals surface area contributed by atoms with Gasteiger partial charge in [-0.3, -0.25) is 9.59 Å². The van der Waals surface area contributed by atoms with E-state index >= 15 is 0 Å². The van der Waals surface area contributed by atoms with Crippen LogP contribution in [0.3, 0.4) is 0 Å². The molecule has 0 fully saturated rings. The average molecular weight is 263 g/mol. The van der Waals surface area contributed by atoms with Gasteiger partial charge in [0.2, 0.25) is 0 Å². The van der Waals surface area contributed by atoms with Crippen LogP contribution in [0, 0.1) is 5.92 Å². The third kappa shape index (κ3) is 5.55. The third-order valence-corrected chi connectivity index (χ3v) is 2.70. The number of esters is 1. The number of rotatable bonds is 6. The van der Waals surface area contributed by atoms with Crippen LogP contribution in [0.25, 0.3) is 0 Å². The van der Waals surface area contributed by atoms with Crippen LogP contribution < -0.4 is 5.32 Å². The monoisotopic (exact) mass is 263 g/mol. The van der Waals surface area contributed by atoms with Crippen molar-refractivity contribution in [2.75, 3.05) is 13.7 Å². The fraction of sp³-hybridized carbons (Fsp3) is 0.467. The zero-order valence-corrected chi connectivity index (χ0v) is 11.7. The average Bonchev–Trinajstić information content (AvgIpc) is 2.38. The van der Waals surface area contributed by atoms with Crippen molar-refractivity contribution in [1.29, 1.82) is 0 Å². The summed E-state index contributed by atoms with van der Waals surface area (Å²) in [6.07, 6.45) is 1.19.